The molecule has 2 rings (SSSR count). The lowest BCUT2D eigenvalue weighted by atomic mass is 10.2. The Morgan fingerprint density at radius 1 is 1.42 bits per heavy atom. The third-order valence-electron chi connectivity index (χ3n) is 3.34. The summed E-state index contributed by atoms with van der Waals surface area (Å²) in [5.74, 6) is 2.02. The van der Waals surface area contributed by atoms with Gasteiger partial charge in [-0.3, -0.25) is 4.79 Å². The molecule has 5 nitrogen and oxygen atoms in total. The molecule has 0 aromatic carbocycles. The van der Waals surface area contributed by atoms with Gasteiger partial charge in [0.15, 0.2) is 0 Å². The van der Waals surface area contributed by atoms with Gasteiger partial charge in [0, 0.05) is 26.1 Å². The second-order valence-corrected chi connectivity index (χ2v) is 4.87. The number of ether oxygens (including phenoxy) is 1. The monoisotopic (exact) mass is 266 g/mol. The largest absolute Gasteiger partial charge is 0.465 e. The Balaban J connectivity index is 1.69. The summed E-state index contributed by atoms with van der Waals surface area (Å²) in [7, 11) is 0. The van der Waals surface area contributed by atoms with Crippen LogP contribution in [0.1, 0.15) is 30.9 Å². The van der Waals surface area contributed by atoms with Gasteiger partial charge in [-0.25, -0.2) is 0 Å². The number of carbonyl (C=O) groups is 1. The van der Waals surface area contributed by atoms with E-state index in [4.69, 9.17) is 9.15 Å². The van der Waals surface area contributed by atoms with Gasteiger partial charge < -0.3 is 19.4 Å². The number of carbonyl (C=O) groups excluding carboxylic acids is 1. The summed E-state index contributed by atoms with van der Waals surface area (Å²) in [6.45, 7) is 7.37. The van der Waals surface area contributed by atoms with Crippen LogP contribution >= 0.6 is 0 Å². The lowest BCUT2D eigenvalue weighted by Gasteiger charge is -2.27. The second kappa shape index (κ2) is 6.73. The van der Waals surface area contributed by atoms with E-state index in [1.54, 1.807) is 0 Å². The number of morpholine rings is 1. The highest BCUT2D eigenvalue weighted by Crippen LogP contribution is 2.15. The maximum Gasteiger partial charge on any atom is 0.224 e. The first kappa shape index (κ1) is 14.1. The van der Waals surface area contributed by atoms with Crippen molar-refractivity contribution < 1.29 is 13.9 Å². The predicted octanol–water partition coefficient (Wildman–Crippen LogP) is 1.49. The molecule has 1 aliphatic rings. The second-order valence-electron chi connectivity index (χ2n) is 4.87. The molecule has 1 atom stereocenters. The van der Waals surface area contributed by atoms with Gasteiger partial charge in [-0.05, 0) is 26.0 Å². The molecule has 1 aromatic heterocycles. The van der Waals surface area contributed by atoms with Crippen LogP contribution < -0.4 is 5.32 Å². The number of nitrogens with one attached hydrogen (secondary N) is 1. The Morgan fingerprint density at radius 2 is 2.16 bits per heavy atom. The maximum absolute atomic E-state index is 11.9. The van der Waals surface area contributed by atoms with E-state index in [0.29, 0.717) is 39.3 Å². The molecule has 19 heavy (non-hydrogen) atoms. The molecule has 1 fully saturated rings. The van der Waals surface area contributed by atoms with E-state index in [-0.39, 0.29) is 11.9 Å². The van der Waals surface area contributed by atoms with Gasteiger partial charge in [0.1, 0.15) is 11.5 Å². The molecule has 1 aliphatic heterocycles. The van der Waals surface area contributed by atoms with Gasteiger partial charge in [-0.2, -0.15) is 0 Å². The molecule has 1 aromatic rings. The number of furan rings is 1. The molecule has 0 radical (unpaired) electrons. The van der Waals surface area contributed by atoms with Crippen molar-refractivity contribution in [3.63, 3.8) is 0 Å². The quantitative estimate of drug-likeness (QED) is 0.877. The van der Waals surface area contributed by atoms with E-state index in [1.165, 1.54) is 0 Å². The van der Waals surface area contributed by atoms with Crippen LogP contribution in [0.5, 0.6) is 0 Å². The van der Waals surface area contributed by atoms with Crippen molar-refractivity contribution in [1.82, 2.24) is 10.2 Å². The number of rotatable bonds is 5. The first-order valence-electron chi connectivity index (χ1n) is 6.82. The SMILES string of the molecule is Cc1ccc(C(C)NCCC(=O)N2CCOCC2)o1. The molecular formula is C14H22N2O3. The van der Waals surface area contributed by atoms with Crippen LogP contribution in [0.15, 0.2) is 16.5 Å². The average molecular weight is 266 g/mol. The Labute approximate surface area is 113 Å². The van der Waals surface area contributed by atoms with Crippen LogP contribution in [0.2, 0.25) is 0 Å². The first-order chi connectivity index (χ1) is 9.16. The van der Waals surface area contributed by atoms with Crippen molar-refractivity contribution in [2.75, 3.05) is 32.8 Å². The summed E-state index contributed by atoms with van der Waals surface area (Å²) in [6.07, 6.45) is 0.518. The standard InChI is InChI=1S/C14H22N2O3/c1-11-3-4-13(19-11)12(2)15-6-5-14(17)16-7-9-18-10-8-16/h3-4,12,15H,5-10H2,1-2H3. The van der Waals surface area contributed by atoms with E-state index in [2.05, 4.69) is 5.32 Å². The maximum atomic E-state index is 11.9. The van der Waals surface area contributed by atoms with Crippen molar-refractivity contribution in [2.45, 2.75) is 26.3 Å². The number of hydrogen-bond acceptors (Lipinski definition) is 4. The van der Waals surface area contributed by atoms with Crippen molar-refractivity contribution in [3.8, 4) is 0 Å². The van der Waals surface area contributed by atoms with Gasteiger partial charge in [0.2, 0.25) is 5.91 Å². The smallest absolute Gasteiger partial charge is 0.224 e. The minimum Gasteiger partial charge on any atom is -0.465 e. The first-order valence-corrected chi connectivity index (χ1v) is 6.82. The van der Waals surface area contributed by atoms with Crippen molar-refractivity contribution in [1.29, 1.82) is 0 Å². The number of amides is 1. The fourth-order valence-electron chi connectivity index (χ4n) is 2.15. The summed E-state index contributed by atoms with van der Waals surface area (Å²) in [6, 6.07) is 4.05. The van der Waals surface area contributed by atoms with E-state index in [1.807, 2.05) is 30.9 Å². The fourth-order valence-corrected chi connectivity index (χ4v) is 2.15. The highest BCUT2D eigenvalue weighted by Gasteiger charge is 2.16. The van der Waals surface area contributed by atoms with Gasteiger partial charge in [-0.1, -0.05) is 0 Å². The highest BCUT2D eigenvalue weighted by atomic mass is 16.5. The van der Waals surface area contributed by atoms with Crippen LogP contribution in [0.25, 0.3) is 0 Å². The van der Waals surface area contributed by atoms with Gasteiger partial charge in [-0.15, -0.1) is 0 Å². The summed E-state index contributed by atoms with van der Waals surface area (Å²) < 4.78 is 10.8. The van der Waals surface area contributed by atoms with Crippen LogP contribution in [0.3, 0.4) is 0 Å². The lowest BCUT2D eigenvalue weighted by Crippen LogP contribution is -2.41. The molecule has 5 heteroatoms. The zero-order valence-electron chi connectivity index (χ0n) is 11.6. The fraction of sp³-hybridized carbons (Fsp3) is 0.643. The molecule has 1 saturated heterocycles. The average Bonchev–Trinajstić information content (AvgIpc) is 2.86. The topological polar surface area (TPSA) is 54.7 Å². The minimum absolute atomic E-state index is 0.131. The highest BCUT2D eigenvalue weighted by molar-refractivity contribution is 5.76. The van der Waals surface area contributed by atoms with Crippen molar-refractivity contribution >= 4 is 5.91 Å². The van der Waals surface area contributed by atoms with Gasteiger partial charge in [0.05, 0.1) is 19.3 Å². The van der Waals surface area contributed by atoms with Crippen LogP contribution in [-0.4, -0.2) is 43.7 Å². The van der Waals surface area contributed by atoms with Crippen molar-refractivity contribution in [2.24, 2.45) is 0 Å². The Kier molecular flexibility index (Phi) is 4.99. The molecule has 1 unspecified atom stereocenters. The summed E-state index contributed by atoms with van der Waals surface area (Å²) in [5.41, 5.74) is 0. The molecule has 1 amide bonds. The van der Waals surface area contributed by atoms with Crippen LogP contribution in [-0.2, 0) is 9.53 Å². The lowest BCUT2D eigenvalue weighted by molar-refractivity contribution is -0.135. The van der Waals surface area contributed by atoms with Crippen LogP contribution in [0.4, 0.5) is 0 Å². The van der Waals surface area contributed by atoms with Crippen molar-refractivity contribution in [3.05, 3.63) is 23.7 Å². The Hall–Kier alpha value is -1.33. The number of aryl methyl sites for hydroxylation is 1. The number of hydrogen-bond donors (Lipinski definition) is 1. The normalized spacial score (nSPS) is 17.5. The molecule has 0 aliphatic carbocycles. The molecule has 0 spiro atoms. The van der Waals surface area contributed by atoms with E-state index >= 15 is 0 Å². The zero-order valence-corrected chi connectivity index (χ0v) is 11.6. The molecular weight excluding hydrogens is 244 g/mol. The molecule has 106 valence electrons. The molecule has 1 N–H and O–H groups in total. The molecule has 2 heterocycles. The van der Waals surface area contributed by atoms with Gasteiger partial charge >= 0.3 is 0 Å². The van der Waals surface area contributed by atoms with E-state index < -0.39 is 0 Å². The minimum atomic E-state index is 0.131. The van der Waals surface area contributed by atoms with Crippen LogP contribution in [0, 0.1) is 6.92 Å². The third-order valence-corrected chi connectivity index (χ3v) is 3.34. The van der Waals surface area contributed by atoms with E-state index in [0.717, 1.165) is 11.5 Å². The number of nitrogens with zero attached hydrogens (tertiary/aromatic N) is 1. The summed E-state index contributed by atoms with van der Waals surface area (Å²) in [5, 5.41) is 3.31. The third kappa shape index (κ3) is 4.08. The summed E-state index contributed by atoms with van der Waals surface area (Å²) in [4.78, 5) is 13.8. The van der Waals surface area contributed by atoms with E-state index in [9.17, 15) is 4.79 Å². The van der Waals surface area contributed by atoms with Gasteiger partial charge in [0.25, 0.3) is 0 Å². The molecule has 0 bridgehead atoms. The Morgan fingerprint density at radius 3 is 2.79 bits per heavy atom. The molecule has 0 saturated carbocycles. The summed E-state index contributed by atoms with van der Waals surface area (Å²) >= 11 is 0. The zero-order chi connectivity index (χ0) is 13.7. The predicted molar refractivity (Wildman–Crippen MR) is 71.9 cm³/mol. The Bertz CT molecular complexity index is 411.